The van der Waals surface area contributed by atoms with E-state index >= 15 is 0 Å². The number of nitrogens with zero attached hydrogens (tertiary/aromatic N) is 2. The van der Waals surface area contributed by atoms with E-state index in [2.05, 4.69) is 9.82 Å². The molecule has 1 heterocycles. The maximum Gasteiger partial charge on any atom is 0.265 e. The van der Waals surface area contributed by atoms with Gasteiger partial charge in [0.15, 0.2) is 0 Å². The van der Waals surface area contributed by atoms with Crippen LogP contribution >= 0.6 is 11.6 Å². The largest absolute Gasteiger partial charge is 0.279 e. The van der Waals surface area contributed by atoms with E-state index in [1.807, 2.05) is 26.0 Å². The Labute approximate surface area is 142 Å². The minimum atomic E-state index is -3.73. The summed E-state index contributed by atoms with van der Waals surface area (Å²) in [4.78, 5) is 0.226. The zero-order valence-corrected chi connectivity index (χ0v) is 15.6. The average molecular weight is 356 g/mol. The molecule has 0 aliphatic carbocycles. The number of nitrogens with one attached hydrogen (secondary N) is 1. The maximum absolute atomic E-state index is 12.9. The quantitative estimate of drug-likeness (QED) is 0.890. The van der Waals surface area contributed by atoms with Gasteiger partial charge >= 0.3 is 0 Å². The predicted octanol–water partition coefficient (Wildman–Crippen LogP) is 3.62. The van der Waals surface area contributed by atoms with Crippen LogP contribution in [-0.2, 0) is 29.9 Å². The van der Waals surface area contributed by atoms with Crippen molar-refractivity contribution in [3.05, 3.63) is 39.7 Å². The van der Waals surface area contributed by atoms with Crippen LogP contribution < -0.4 is 4.72 Å². The fraction of sp³-hybridized carbons (Fsp3) is 0.438. The van der Waals surface area contributed by atoms with E-state index in [9.17, 15) is 8.42 Å². The summed E-state index contributed by atoms with van der Waals surface area (Å²) in [6.45, 7) is 7.38. The Hall–Kier alpha value is -1.53. The molecule has 2 rings (SSSR count). The molecule has 0 unspecified atom stereocenters. The van der Waals surface area contributed by atoms with Crippen molar-refractivity contribution in [2.24, 2.45) is 7.05 Å². The van der Waals surface area contributed by atoms with Gasteiger partial charge in [0.2, 0.25) is 0 Å². The van der Waals surface area contributed by atoms with E-state index < -0.39 is 10.0 Å². The molecule has 1 N–H and O–H groups in total. The fourth-order valence-corrected chi connectivity index (χ4v) is 4.63. The molecule has 126 valence electrons. The summed E-state index contributed by atoms with van der Waals surface area (Å²) >= 11 is 6.25. The van der Waals surface area contributed by atoms with Crippen LogP contribution in [0.25, 0.3) is 0 Å². The minimum absolute atomic E-state index is 0.226. The first kappa shape index (κ1) is 17.8. The second kappa shape index (κ2) is 6.53. The molecule has 1 aromatic carbocycles. The van der Waals surface area contributed by atoms with Gasteiger partial charge in [-0.2, -0.15) is 5.10 Å². The van der Waals surface area contributed by atoms with Gasteiger partial charge in [0.25, 0.3) is 10.0 Å². The van der Waals surface area contributed by atoms with Crippen molar-refractivity contribution in [1.82, 2.24) is 9.78 Å². The Morgan fingerprint density at radius 1 is 1.22 bits per heavy atom. The lowest BCUT2D eigenvalue weighted by molar-refractivity contribution is 0.599. The van der Waals surface area contributed by atoms with Crippen LogP contribution in [0.15, 0.2) is 17.0 Å². The summed E-state index contributed by atoms with van der Waals surface area (Å²) in [7, 11) is -2.00. The first-order valence-corrected chi connectivity index (χ1v) is 9.42. The lowest BCUT2D eigenvalue weighted by atomic mass is 10.0. The van der Waals surface area contributed by atoms with Crippen molar-refractivity contribution in [1.29, 1.82) is 0 Å². The zero-order valence-electron chi connectivity index (χ0n) is 14.1. The van der Waals surface area contributed by atoms with E-state index in [4.69, 9.17) is 11.6 Å². The van der Waals surface area contributed by atoms with Crippen LogP contribution in [0.2, 0.25) is 5.02 Å². The van der Waals surface area contributed by atoms with Gasteiger partial charge in [-0.1, -0.05) is 31.5 Å². The number of aryl methyl sites for hydroxylation is 3. The van der Waals surface area contributed by atoms with Gasteiger partial charge in [-0.05, 0) is 43.9 Å². The van der Waals surface area contributed by atoms with Gasteiger partial charge in [-0.25, -0.2) is 8.42 Å². The molecule has 0 saturated carbocycles. The van der Waals surface area contributed by atoms with Crippen molar-refractivity contribution in [2.75, 3.05) is 4.72 Å². The molecular weight excluding hydrogens is 334 g/mol. The van der Waals surface area contributed by atoms with Gasteiger partial charge < -0.3 is 0 Å². The van der Waals surface area contributed by atoms with E-state index in [-0.39, 0.29) is 4.90 Å². The van der Waals surface area contributed by atoms with Gasteiger partial charge in [-0.15, -0.1) is 0 Å². The highest BCUT2D eigenvalue weighted by molar-refractivity contribution is 7.92. The minimum Gasteiger partial charge on any atom is -0.279 e. The lowest BCUT2D eigenvalue weighted by Gasteiger charge is -2.17. The Morgan fingerprint density at radius 3 is 2.35 bits per heavy atom. The van der Waals surface area contributed by atoms with Crippen molar-refractivity contribution in [3.63, 3.8) is 0 Å². The molecule has 0 bridgehead atoms. The Kier molecular flexibility index (Phi) is 5.06. The highest BCUT2D eigenvalue weighted by Crippen LogP contribution is 2.32. The first-order valence-electron chi connectivity index (χ1n) is 7.56. The summed E-state index contributed by atoms with van der Waals surface area (Å²) in [5.41, 5.74) is 3.41. The molecule has 0 aliphatic rings. The lowest BCUT2D eigenvalue weighted by Crippen LogP contribution is -2.17. The molecule has 0 radical (unpaired) electrons. The van der Waals surface area contributed by atoms with Crippen LogP contribution in [0.5, 0.6) is 0 Å². The number of rotatable bonds is 5. The van der Waals surface area contributed by atoms with Crippen molar-refractivity contribution in [3.8, 4) is 0 Å². The Bertz CT molecular complexity index is 841. The van der Waals surface area contributed by atoms with Gasteiger partial charge in [0.1, 0.15) is 4.90 Å². The van der Waals surface area contributed by atoms with Gasteiger partial charge in [0.05, 0.1) is 17.1 Å². The molecule has 23 heavy (non-hydrogen) atoms. The number of aromatic nitrogens is 2. The molecule has 2 aromatic rings. The summed E-state index contributed by atoms with van der Waals surface area (Å²) < 4.78 is 30.1. The SMILES string of the molecule is CCc1ccc(Cl)c(CC)c1NS(=O)(=O)c1c(C)nn(C)c1C. The Morgan fingerprint density at radius 2 is 1.87 bits per heavy atom. The van der Waals surface area contributed by atoms with Crippen molar-refractivity contribution in [2.45, 2.75) is 45.4 Å². The highest BCUT2D eigenvalue weighted by atomic mass is 35.5. The summed E-state index contributed by atoms with van der Waals surface area (Å²) in [5.74, 6) is 0. The summed E-state index contributed by atoms with van der Waals surface area (Å²) in [6, 6.07) is 3.68. The third kappa shape index (κ3) is 3.23. The van der Waals surface area contributed by atoms with Crippen LogP contribution in [-0.4, -0.2) is 18.2 Å². The standard InChI is InChI=1S/C16H22ClN3O2S/c1-6-12-8-9-14(17)13(7-2)15(12)19-23(21,22)16-10(3)18-20(5)11(16)4/h8-9,19H,6-7H2,1-5H3. The van der Waals surface area contributed by atoms with Crippen LogP contribution in [0.4, 0.5) is 5.69 Å². The molecule has 0 aliphatic heterocycles. The van der Waals surface area contributed by atoms with Crippen molar-refractivity contribution >= 4 is 27.3 Å². The topological polar surface area (TPSA) is 64.0 Å². The Balaban J connectivity index is 2.60. The normalized spacial score (nSPS) is 11.7. The van der Waals surface area contributed by atoms with E-state index in [0.717, 1.165) is 11.1 Å². The van der Waals surface area contributed by atoms with Gasteiger partial charge in [0, 0.05) is 12.1 Å². The fourth-order valence-electron chi connectivity index (χ4n) is 2.77. The second-order valence-electron chi connectivity index (χ2n) is 5.50. The molecule has 5 nitrogen and oxygen atoms in total. The van der Waals surface area contributed by atoms with Crippen molar-refractivity contribution < 1.29 is 8.42 Å². The molecule has 0 saturated heterocycles. The smallest absolute Gasteiger partial charge is 0.265 e. The van der Waals surface area contributed by atoms with E-state index in [0.29, 0.717) is 34.9 Å². The van der Waals surface area contributed by atoms with Gasteiger partial charge in [-0.3, -0.25) is 9.40 Å². The predicted molar refractivity (Wildman–Crippen MR) is 93.7 cm³/mol. The maximum atomic E-state index is 12.9. The molecule has 0 fully saturated rings. The second-order valence-corrected chi connectivity index (χ2v) is 7.52. The molecule has 0 amide bonds. The van der Waals surface area contributed by atoms with E-state index in [1.54, 1.807) is 25.6 Å². The average Bonchev–Trinajstić information content (AvgIpc) is 2.72. The van der Waals surface area contributed by atoms with Crippen LogP contribution in [0.3, 0.4) is 0 Å². The van der Waals surface area contributed by atoms with E-state index in [1.165, 1.54) is 0 Å². The van der Waals surface area contributed by atoms with Crippen LogP contribution in [0.1, 0.15) is 36.4 Å². The summed E-state index contributed by atoms with van der Waals surface area (Å²) in [6.07, 6.45) is 1.36. The number of benzene rings is 1. The third-order valence-electron chi connectivity index (χ3n) is 4.02. The zero-order chi connectivity index (χ0) is 17.4. The molecule has 0 spiro atoms. The molecule has 0 atom stereocenters. The number of hydrogen-bond acceptors (Lipinski definition) is 3. The molecule has 7 heteroatoms. The molecular formula is C16H22ClN3O2S. The monoisotopic (exact) mass is 355 g/mol. The van der Waals surface area contributed by atoms with Crippen LogP contribution in [0, 0.1) is 13.8 Å². The highest BCUT2D eigenvalue weighted by Gasteiger charge is 2.25. The number of anilines is 1. The molecule has 1 aromatic heterocycles. The summed E-state index contributed by atoms with van der Waals surface area (Å²) in [5, 5.41) is 4.76. The third-order valence-corrected chi connectivity index (χ3v) is 5.98. The number of hydrogen-bond donors (Lipinski definition) is 1. The number of sulfonamides is 1. The number of halogens is 1. The first-order chi connectivity index (χ1) is 10.7.